The van der Waals surface area contributed by atoms with Crippen LogP contribution in [-0.2, 0) is 11.3 Å². The van der Waals surface area contributed by atoms with Gasteiger partial charge in [0.25, 0.3) is 0 Å². The van der Waals surface area contributed by atoms with Gasteiger partial charge in [0.2, 0.25) is 6.29 Å². The average molecular weight is 416 g/mol. The summed E-state index contributed by atoms with van der Waals surface area (Å²) >= 11 is 0. The Kier molecular flexibility index (Phi) is 6.10. The second kappa shape index (κ2) is 8.73. The van der Waals surface area contributed by atoms with Crippen LogP contribution < -0.4 is 5.73 Å². The quantitative estimate of drug-likeness (QED) is 0.799. The van der Waals surface area contributed by atoms with Gasteiger partial charge in [0, 0.05) is 25.0 Å². The highest BCUT2D eigenvalue weighted by Crippen LogP contribution is 2.31. The number of carboxylic acid groups (broad SMARTS) is 1. The van der Waals surface area contributed by atoms with Crippen molar-refractivity contribution in [3.63, 3.8) is 0 Å². The monoisotopic (exact) mass is 416 g/mol. The zero-order valence-electron chi connectivity index (χ0n) is 15.7. The number of carbonyl (C=O) groups is 1. The molecule has 1 unspecified atom stereocenters. The summed E-state index contributed by atoms with van der Waals surface area (Å²) in [5, 5.41) is 7.12. The normalized spacial score (nSPS) is 17.5. The highest BCUT2D eigenvalue weighted by atomic mass is 19.4. The molecule has 2 aliphatic rings. The van der Waals surface area contributed by atoms with E-state index in [0.717, 1.165) is 17.8 Å². The van der Waals surface area contributed by atoms with E-state index in [9.17, 15) is 13.2 Å². The van der Waals surface area contributed by atoms with Gasteiger partial charge in [-0.05, 0) is 11.1 Å². The smallest absolute Gasteiger partial charge is 0.475 e. The van der Waals surface area contributed by atoms with Crippen LogP contribution in [0.15, 0.2) is 84.1 Å². The number of carboxylic acids is 1. The number of hydrogen-bond donors (Lipinski definition) is 2. The average Bonchev–Trinajstić information content (AvgIpc) is 3.11. The molecule has 4 rings (SSSR count). The highest BCUT2D eigenvalue weighted by molar-refractivity contribution is 5.99. The molecule has 0 aliphatic carbocycles. The number of halogens is 3. The standard InChI is InChI=1S/C19H18N4.C2HF3O2/c20-18-13-17(16-9-5-2-6-10-16)23-12-11-22(19(23)21-18)14-15-7-3-1-4-8-15;3-2(4,5)1(6)7/h1-13,19H,14H2,(H2,20,21);(H,6,7). The second-order valence-corrected chi connectivity index (χ2v) is 6.46. The van der Waals surface area contributed by atoms with Crippen molar-refractivity contribution in [2.75, 3.05) is 0 Å². The van der Waals surface area contributed by atoms with Crippen molar-refractivity contribution in [2.45, 2.75) is 19.0 Å². The Morgan fingerprint density at radius 2 is 1.60 bits per heavy atom. The van der Waals surface area contributed by atoms with E-state index in [0.29, 0.717) is 5.84 Å². The molecule has 2 aromatic rings. The maximum atomic E-state index is 10.6. The maximum Gasteiger partial charge on any atom is 0.490 e. The lowest BCUT2D eigenvalue weighted by Crippen LogP contribution is -2.40. The third kappa shape index (κ3) is 4.99. The Morgan fingerprint density at radius 3 is 2.17 bits per heavy atom. The van der Waals surface area contributed by atoms with Crippen molar-refractivity contribution >= 4 is 17.5 Å². The zero-order chi connectivity index (χ0) is 21.7. The summed E-state index contributed by atoms with van der Waals surface area (Å²) in [6, 6.07) is 20.7. The van der Waals surface area contributed by atoms with Crippen LogP contribution in [0.2, 0.25) is 0 Å². The van der Waals surface area contributed by atoms with Gasteiger partial charge in [-0.3, -0.25) is 0 Å². The molecular formula is C21H19F3N4O2. The molecule has 0 saturated carbocycles. The van der Waals surface area contributed by atoms with Crippen LogP contribution in [0.25, 0.3) is 5.70 Å². The van der Waals surface area contributed by atoms with E-state index in [1.165, 1.54) is 5.56 Å². The van der Waals surface area contributed by atoms with Gasteiger partial charge < -0.3 is 20.6 Å². The van der Waals surface area contributed by atoms with Crippen molar-refractivity contribution < 1.29 is 23.1 Å². The van der Waals surface area contributed by atoms with Crippen LogP contribution in [0.5, 0.6) is 0 Å². The minimum absolute atomic E-state index is 0.115. The fourth-order valence-electron chi connectivity index (χ4n) is 2.97. The van der Waals surface area contributed by atoms with Crippen molar-refractivity contribution in [1.82, 2.24) is 9.80 Å². The van der Waals surface area contributed by atoms with E-state index in [1.807, 2.05) is 30.3 Å². The summed E-state index contributed by atoms with van der Waals surface area (Å²) in [5.41, 5.74) is 9.54. The Hall–Kier alpha value is -3.75. The Bertz CT molecular complexity index is 973. The molecule has 2 aliphatic heterocycles. The molecule has 3 N–H and O–H groups in total. The first kappa shape index (κ1) is 21.0. The molecule has 0 amide bonds. The summed E-state index contributed by atoms with van der Waals surface area (Å²) in [5.74, 6) is -2.20. The van der Waals surface area contributed by atoms with Gasteiger partial charge in [0.15, 0.2) is 0 Å². The molecule has 2 aromatic carbocycles. The van der Waals surface area contributed by atoms with E-state index in [2.05, 4.69) is 63.6 Å². The lowest BCUT2D eigenvalue weighted by Gasteiger charge is -2.34. The topological polar surface area (TPSA) is 82.2 Å². The fraction of sp³-hybridized carbons (Fsp3) is 0.143. The number of nitrogens with two attached hydrogens (primary N) is 1. The molecule has 0 spiro atoms. The van der Waals surface area contributed by atoms with Crippen molar-refractivity contribution in [3.8, 4) is 0 Å². The Labute approximate surface area is 171 Å². The first-order valence-electron chi connectivity index (χ1n) is 8.92. The number of amidine groups is 1. The van der Waals surface area contributed by atoms with Gasteiger partial charge >= 0.3 is 12.1 Å². The molecule has 0 radical (unpaired) electrons. The SMILES string of the molecule is NC1=NC2N(Cc3ccccc3)C=CN2C(c2ccccc2)=C1.O=C(O)C(F)(F)F. The van der Waals surface area contributed by atoms with Gasteiger partial charge in [-0.1, -0.05) is 60.7 Å². The second-order valence-electron chi connectivity index (χ2n) is 6.46. The molecule has 156 valence electrons. The summed E-state index contributed by atoms with van der Waals surface area (Å²) in [4.78, 5) is 17.9. The minimum atomic E-state index is -5.08. The van der Waals surface area contributed by atoms with Crippen molar-refractivity contribution in [1.29, 1.82) is 0 Å². The van der Waals surface area contributed by atoms with Crippen LogP contribution in [0, 0.1) is 0 Å². The molecule has 0 aromatic heterocycles. The van der Waals surface area contributed by atoms with Crippen molar-refractivity contribution in [2.24, 2.45) is 10.7 Å². The maximum absolute atomic E-state index is 10.6. The van der Waals surface area contributed by atoms with Crippen LogP contribution in [0.1, 0.15) is 11.1 Å². The van der Waals surface area contributed by atoms with Crippen LogP contribution in [0.4, 0.5) is 13.2 Å². The van der Waals surface area contributed by atoms with E-state index in [1.54, 1.807) is 0 Å². The van der Waals surface area contributed by atoms with Gasteiger partial charge in [-0.15, -0.1) is 0 Å². The molecule has 6 nitrogen and oxygen atoms in total. The molecule has 0 saturated heterocycles. The summed E-state index contributed by atoms with van der Waals surface area (Å²) < 4.78 is 31.7. The van der Waals surface area contributed by atoms with Crippen LogP contribution in [-0.4, -0.2) is 39.2 Å². The van der Waals surface area contributed by atoms with E-state index in [-0.39, 0.29) is 6.29 Å². The molecule has 0 bridgehead atoms. The predicted molar refractivity (Wildman–Crippen MR) is 106 cm³/mol. The summed E-state index contributed by atoms with van der Waals surface area (Å²) in [6.07, 6.45) is 0.886. The van der Waals surface area contributed by atoms with Crippen molar-refractivity contribution in [3.05, 3.63) is 90.3 Å². The van der Waals surface area contributed by atoms with Gasteiger partial charge in [-0.2, -0.15) is 13.2 Å². The number of alkyl halides is 3. The molecule has 30 heavy (non-hydrogen) atoms. The third-order valence-electron chi connectivity index (χ3n) is 4.31. The largest absolute Gasteiger partial charge is 0.490 e. The van der Waals surface area contributed by atoms with Crippen LogP contribution in [0.3, 0.4) is 0 Å². The van der Waals surface area contributed by atoms with E-state index >= 15 is 0 Å². The van der Waals surface area contributed by atoms with Gasteiger partial charge in [0.1, 0.15) is 5.84 Å². The lowest BCUT2D eigenvalue weighted by atomic mass is 10.1. The number of aliphatic carboxylic acids is 1. The number of hydrogen-bond acceptors (Lipinski definition) is 5. The fourth-order valence-corrected chi connectivity index (χ4v) is 2.97. The molecule has 2 heterocycles. The third-order valence-corrected chi connectivity index (χ3v) is 4.31. The number of rotatable bonds is 3. The first-order valence-corrected chi connectivity index (χ1v) is 8.92. The number of nitrogens with zero attached hydrogens (tertiary/aromatic N) is 3. The van der Waals surface area contributed by atoms with E-state index < -0.39 is 12.1 Å². The Balaban J connectivity index is 0.000000318. The summed E-state index contributed by atoms with van der Waals surface area (Å²) in [7, 11) is 0. The zero-order valence-corrected chi connectivity index (χ0v) is 15.7. The summed E-state index contributed by atoms with van der Waals surface area (Å²) in [6.45, 7) is 0.803. The van der Waals surface area contributed by atoms with Gasteiger partial charge in [0.05, 0.1) is 5.70 Å². The number of fused-ring (bicyclic) bond motifs is 1. The van der Waals surface area contributed by atoms with Gasteiger partial charge in [-0.25, -0.2) is 9.79 Å². The molecule has 0 fully saturated rings. The molecule has 9 heteroatoms. The Morgan fingerprint density at radius 1 is 1.03 bits per heavy atom. The molecule has 1 atom stereocenters. The predicted octanol–water partition coefficient (Wildman–Crippen LogP) is 3.60. The van der Waals surface area contributed by atoms with Crippen LogP contribution >= 0.6 is 0 Å². The first-order chi connectivity index (χ1) is 14.3. The number of aliphatic imine (C=N–C) groups is 1. The highest BCUT2D eigenvalue weighted by Gasteiger charge is 2.38. The number of benzene rings is 2. The minimum Gasteiger partial charge on any atom is -0.475 e. The molecular weight excluding hydrogens is 397 g/mol. The lowest BCUT2D eigenvalue weighted by molar-refractivity contribution is -0.192. The van der Waals surface area contributed by atoms with E-state index in [4.69, 9.17) is 15.6 Å².